The lowest BCUT2D eigenvalue weighted by Crippen LogP contribution is -2.27. The van der Waals surface area contributed by atoms with Crippen molar-refractivity contribution in [2.45, 2.75) is 23.5 Å². The van der Waals surface area contributed by atoms with Crippen molar-refractivity contribution < 1.29 is 22.4 Å². The normalized spacial score (nSPS) is 12.5. The van der Waals surface area contributed by atoms with Crippen LogP contribution in [0.15, 0.2) is 82.7 Å². The summed E-state index contributed by atoms with van der Waals surface area (Å²) in [6, 6.07) is 16.7. The fourth-order valence-electron chi connectivity index (χ4n) is 3.32. The van der Waals surface area contributed by atoms with Gasteiger partial charge in [-0.2, -0.15) is 13.2 Å². The van der Waals surface area contributed by atoms with Crippen LogP contribution in [0, 0.1) is 5.82 Å². The van der Waals surface area contributed by atoms with Crippen molar-refractivity contribution in [2.24, 2.45) is 0 Å². The Balaban J connectivity index is 1.72. The number of hydrogen-bond donors (Lipinski definition) is 1. The average molecular weight is 487 g/mol. The van der Waals surface area contributed by atoms with E-state index in [1.54, 1.807) is 30.3 Å². The van der Waals surface area contributed by atoms with Gasteiger partial charge >= 0.3 is 6.18 Å². The molecule has 5 nitrogen and oxygen atoms in total. The summed E-state index contributed by atoms with van der Waals surface area (Å²) in [7, 11) is 0. The number of thioether (sulfide) groups is 1. The molecule has 1 aromatic heterocycles. The van der Waals surface area contributed by atoms with E-state index in [1.165, 1.54) is 37.3 Å². The zero-order valence-corrected chi connectivity index (χ0v) is 18.5. The molecule has 1 heterocycles. The lowest BCUT2D eigenvalue weighted by molar-refractivity contribution is -0.137. The number of rotatable bonds is 5. The summed E-state index contributed by atoms with van der Waals surface area (Å²) in [5.74, 6) is -1.40. The van der Waals surface area contributed by atoms with E-state index < -0.39 is 34.3 Å². The van der Waals surface area contributed by atoms with E-state index in [4.69, 9.17) is 0 Å². The van der Waals surface area contributed by atoms with Gasteiger partial charge in [0.1, 0.15) is 5.82 Å². The zero-order valence-electron chi connectivity index (χ0n) is 17.6. The number of nitrogens with zero attached hydrogens (tertiary/aromatic N) is 2. The number of alkyl halides is 3. The van der Waals surface area contributed by atoms with Crippen molar-refractivity contribution >= 4 is 34.3 Å². The van der Waals surface area contributed by atoms with E-state index in [0.717, 1.165) is 28.5 Å². The summed E-state index contributed by atoms with van der Waals surface area (Å²) in [5.41, 5.74) is -1.60. The van der Waals surface area contributed by atoms with Crippen LogP contribution >= 0.6 is 11.8 Å². The van der Waals surface area contributed by atoms with Gasteiger partial charge in [0.15, 0.2) is 5.16 Å². The third-order valence-electron chi connectivity index (χ3n) is 4.98. The van der Waals surface area contributed by atoms with E-state index in [2.05, 4.69) is 10.3 Å². The van der Waals surface area contributed by atoms with Crippen LogP contribution in [0.5, 0.6) is 0 Å². The maximum atomic E-state index is 14.6. The van der Waals surface area contributed by atoms with Gasteiger partial charge in [0.25, 0.3) is 5.56 Å². The molecule has 4 aromatic rings. The van der Waals surface area contributed by atoms with E-state index in [1.807, 2.05) is 0 Å². The lowest BCUT2D eigenvalue weighted by Gasteiger charge is -2.18. The maximum absolute atomic E-state index is 14.6. The second-order valence-electron chi connectivity index (χ2n) is 7.30. The van der Waals surface area contributed by atoms with Crippen molar-refractivity contribution in [3.63, 3.8) is 0 Å². The van der Waals surface area contributed by atoms with Gasteiger partial charge in [-0.05, 0) is 43.3 Å². The predicted octanol–water partition coefficient (Wildman–Crippen LogP) is 5.66. The molecule has 1 unspecified atom stereocenters. The van der Waals surface area contributed by atoms with Crippen LogP contribution in [0.1, 0.15) is 12.5 Å². The van der Waals surface area contributed by atoms with Crippen molar-refractivity contribution in [3.8, 4) is 5.69 Å². The maximum Gasteiger partial charge on any atom is 0.418 e. The number of fused-ring (bicyclic) bond motifs is 1. The number of carbonyl (C=O) groups excluding carboxylic acids is 1. The summed E-state index contributed by atoms with van der Waals surface area (Å²) in [6.45, 7) is 1.46. The Morgan fingerprint density at radius 3 is 2.38 bits per heavy atom. The number of benzene rings is 3. The molecule has 4 rings (SSSR count). The number of halogens is 4. The van der Waals surface area contributed by atoms with Crippen molar-refractivity contribution in [1.82, 2.24) is 9.55 Å². The summed E-state index contributed by atoms with van der Waals surface area (Å²) in [4.78, 5) is 30.4. The van der Waals surface area contributed by atoms with Crippen molar-refractivity contribution in [2.75, 3.05) is 5.32 Å². The van der Waals surface area contributed by atoms with Gasteiger partial charge in [-0.3, -0.25) is 14.2 Å². The minimum absolute atomic E-state index is 0.0283. The number of hydrogen-bond acceptors (Lipinski definition) is 4. The molecule has 34 heavy (non-hydrogen) atoms. The van der Waals surface area contributed by atoms with Crippen LogP contribution < -0.4 is 10.9 Å². The Bertz CT molecular complexity index is 1440. The molecule has 174 valence electrons. The highest BCUT2D eigenvalue weighted by Gasteiger charge is 2.34. The van der Waals surface area contributed by atoms with Crippen LogP contribution in [-0.2, 0) is 11.0 Å². The Hall–Kier alpha value is -3.66. The summed E-state index contributed by atoms with van der Waals surface area (Å²) >= 11 is 0.835. The highest BCUT2D eigenvalue weighted by molar-refractivity contribution is 8.00. The van der Waals surface area contributed by atoms with Gasteiger partial charge in [0.2, 0.25) is 5.91 Å². The Morgan fingerprint density at radius 1 is 1.00 bits per heavy atom. The second-order valence-corrected chi connectivity index (χ2v) is 8.60. The second kappa shape index (κ2) is 9.30. The number of para-hydroxylation sites is 3. The molecule has 0 radical (unpaired) electrons. The van der Waals surface area contributed by atoms with Gasteiger partial charge in [0, 0.05) is 0 Å². The number of amides is 1. The molecule has 0 aliphatic rings. The first-order valence-corrected chi connectivity index (χ1v) is 10.9. The lowest BCUT2D eigenvalue weighted by atomic mass is 10.1. The number of nitrogens with one attached hydrogen (secondary N) is 1. The van der Waals surface area contributed by atoms with Crippen LogP contribution in [0.25, 0.3) is 16.6 Å². The third-order valence-corrected chi connectivity index (χ3v) is 6.03. The molecule has 0 aliphatic carbocycles. The third kappa shape index (κ3) is 4.67. The van der Waals surface area contributed by atoms with Gasteiger partial charge in [-0.25, -0.2) is 9.37 Å². The molecular weight excluding hydrogens is 470 g/mol. The monoisotopic (exact) mass is 487 g/mol. The molecule has 0 bridgehead atoms. The van der Waals surface area contributed by atoms with Crippen molar-refractivity contribution in [3.05, 3.63) is 94.5 Å². The summed E-state index contributed by atoms with van der Waals surface area (Å²) < 4.78 is 55.5. The summed E-state index contributed by atoms with van der Waals surface area (Å²) in [6.07, 6.45) is -4.65. The quantitative estimate of drug-likeness (QED) is 0.224. The van der Waals surface area contributed by atoms with E-state index in [-0.39, 0.29) is 21.9 Å². The van der Waals surface area contributed by atoms with E-state index in [0.29, 0.717) is 5.52 Å². The topological polar surface area (TPSA) is 64.0 Å². The first kappa shape index (κ1) is 23.5. The molecule has 10 heteroatoms. The van der Waals surface area contributed by atoms with E-state index in [9.17, 15) is 27.2 Å². The molecular formula is C24H17F4N3O2S. The van der Waals surface area contributed by atoms with Gasteiger partial charge in [-0.1, -0.05) is 48.2 Å². The fourth-order valence-corrected chi connectivity index (χ4v) is 4.24. The SMILES string of the molecule is CC(Sc1nc2ccccc2c(=O)n1-c1ccccc1F)C(=O)Nc1ccccc1C(F)(F)F. The minimum atomic E-state index is -4.65. The molecule has 0 fully saturated rings. The fraction of sp³-hybridized carbons (Fsp3) is 0.125. The van der Waals surface area contributed by atoms with Crippen LogP contribution in [0.2, 0.25) is 0 Å². The Morgan fingerprint density at radius 2 is 1.65 bits per heavy atom. The first-order chi connectivity index (χ1) is 16.2. The Kier molecular flexibility index (Phi) is 6.43. The molecule has 0 aliphatic heterocycles. The minimum Gasteiger partial charge on any atom is -0.325 e. The molecule has 3 aromatic carbocycles. The van der Waals surface area contributed by atoms with Crippen LogP contribution in [-0.4, -0.2) is 20.7 Å². The molecule has 1 N–H and O–H groups in total. The molecule has 0 saturated heterocycles. The molecule has 0 saturated carbocycles. The Labute approximate surface area is 195 Å². The zero-order chi connectivity index (χ0) is 24.5. The average Bonchev–Trinajstić information content (AvgIpc) is 2.80. The highest BCUT2D eigenvalue weighted by Crippen LogP contribution is 2.35. The van der Waals surface area contributed by atoms with Gasteiger partial charge < -0.3 is 5.32 Å². The van der Waals surface area contributed by atoms with E-state index >= 15 is 0 Å². The smallest absolute Gasteiger partial charge is 0.325 e. The summed E-state index contributed by atoms with van der Waals surface area (Å²) in [5, 5.41) is 1.61. The predicted molar refractivity (Wildman–Crippen MR) is 123 cm³/mol. The van der Waals surface area contributed by atoms with Crippen molar-refractivity contribution in [1.29, 1.82) is 0 Å². The standard InChI is InChI=1S/C24H17F4N3O2S/c1-14(21(32)29-19-12-6-3-9-16(19)24(26,27)28)34-23-30-18-11-5-2-8-15(18)22(33)31(23)20-13-7-4-10-17(20)25/h2-14H,1H3,(H,29,32). The van der Waals surface area contributed by atoms with Gasteiger partial charge in [0.05, 0.1) is 33.1 Å². The molecule has 1 amide bonds. The number of carbonyl (C=O) groups is 1. The number of anilines is 1. The molecule has 0 spiro atoms. The van der Waals surface area contributed by atoms with Gasteiger partial charge in [-0.15, -0.1) is 0 Å². The largest absolute Gasteiger partial charge is 0.418 e. The number of aromatic nitrogens is 2. The highest BCUT2D eigenvalue weighted by atomic mass is 32.2. The van der Waals surface area contributed by atoms with Crippen LogP contribution in [0.3, 0.4) is 0 Å². The molecule has 1 atom stereocenters. The van der Waals surface area contributed by atoms with Crippen LogP contribution in [0.4, 0.5) is 23.2 Å². The first-order valence-electron chi connectivity index (χ1n) is 10.1.